The molecule has 7 rings (SSSR count). The van der Waals surface area contributed by atoms with Crippen LogP contribution in [0.5, 0.6) is 0 Å². The highest BCUT2D eigenvalue weighted by Gasteiger charge is 2.42. The number of esters is 1. The molecule has 266 valence electrons. The van der Waals surface area contributed by atoms with Crippen LogP contribution in [0.15, 0.2) is 140 Å². The Kier molecular flexibility index (Phi) is 10.9. The number of hydrogen-bond donors (Lipinski definition) is 0. The van der Waals surface area contributed by atoms with Crippen molar-refractivity contribution in [3.63, 3.8) is 0 Å². The lowest BCUT2D eigenvalue weighted by molar-refractivity contribution is 0.0513. The summed E-state index contributed by atoms with van der Waals surface area (Å²) in [4.78, 5) is 17.9. The first-order valence-corrected chi connectivity index (χ1v) is 18.6. The number of rotatable bonds is 14. The van der Waals surface area contributed by atoms with Crippen molar-refractivity contribution in [2.45, 2.75) is 51.1 Å². The second-order valence-electron chi connectivity index (χ2n) is 12.8. The fraction of sp³-hybridized carbons (Fsp3) is 0.205. The molecule has 0 unspecified atom stereocenters. The third-order valence-corrected chi connectivity index (χ3v) is 9.86. The largest absolute Gasteiger partial charge is 0.461 e. The van der Waals surface area contributed by atoms with Crippen molar-refractivity contribution in [1.82, 2.24) is 29.8 Å². The van der Waals surface area contributed by atoms with Gasteiger partial charge in [0, 0.05) is 18.5 Å². The summed E-state index contributed by atoms with van der Waals surface area (Å²) in [5, 5.41) is 13.8. The number of ether oxygens (including phenoxy) is 1. The predicted octanol–water partition coefficient (Wildman–Crippen LogP) is 9.35. The molecular formula is C44H41ClN6O2. The van der Waals surface area contributed by atoms with Gasteiger partial charge >= 0.3 is 5.97 Å². The summed E-state index contributed by atoms with van der Waals surface area (Å²) >= 11 is 6.29. The van der Waals surface area contributed by atoms with Gasteiger partial charge in [0.1, 0.15) is 11.4 Å². The first-order valence-electron chi connectivity index (χ1n) is 18.1. The Morgan fingerprint density at radius 1 is 0.736 bits per heavy atom. The fourth-order valence-corrected chi connectivity index (χ4v) is 7.34. The molecule has 0 bridgehead atoms. The highest BCUT2D eigenvalue weighted by atomic mass is 35.5. The van der Waals surface area contributed by atoms with E-state index in [0.717, 1.165) is 64.0 Å². The molecule has 0 saturated heterocycles. The number of alkyl halides is 1. The third kappa shape index (κ3) is 6.90. The van der Waals surface area contributed by atoms with Crippen LogP contribution >= 0.6 is 11.6 Å². The fourth-order valence-electron chi connectivity index (χ4n) is 7.16. The molecule has 0 aliphatic carbocycles. The summed E-state index contributed by atoms with van der Waals surface area (Å²) in [7, 11) is 0. The molecule has 8 nitrogen and oxygen atoms in total. The number of benzene rings is 5. The Labute approximate surface area is 315 Å². The summed E-state index contributed by atoms with van der Waals surface area (Å²) < 4.78 is 9.37. The minimum atomic E-state index is -0.877. The second kappa shape index (κ2) is 16.2. The van der Waals surface area contributed by atoms with Gasteiger partial charge in [0.15, 0.2) is 11.5 Å². The Hall–Kier alpha value is -5.86. The SMILES string of the molecule is CCCCc1nc(CCl)c(C(=O)OCC)n1Cc1ccc(-c2ccccc2-c2nnnn2C(c2ccccc2)(c2ccccc2)c2ccccc2)cc1. The molecule has 2 aromatic heterocycles. The number of aromatic nitrogens is 6. The lowest BCUT2D eigenvalue weighted by Crippen LogP contribution is -2.39. The van der Waals surface area contributed by atoms with E-state index in [0.29, 0.717) is 23.8 Å². The zero-order valence-electron chi connectivity index (χ0n) is 29.9. The van der Waals surface area contributed by atoms with Crippen LogP contribution in [0.1, 0.15) is 70.9 Å². The Bertz CT molecular complexity index is 2170. The quantitative estimate of drug-likeness (QED) is 0.0632. The van der Waals surface area contributed by atoms with Crippen LogP contribution in [0.4, 0.5) is 0 Å². The summed E-state index contributed by atoms with van der Waals surface area (Å²) in [5.74, 6) is 1.20. The van der Waals surface area contributed by atoms with Crippen LogP contribution in [0, 0.1) is 0 Å². The molecule has 53 heavy (non-hydrogen) atoms. The molecule has 0 radical (unpaired) electrons. The van der Waals surface area contributed by atoms with Gasteiger partial charge in [0.2, 0.25) is 0 Å². The summed E-state index contributed by atoms with van der Waals surface area (Å²) in [5.41, 5.74) is 7.11. The first kappa shape index (κ1) is 35.5. The van der Waals surface area contributed by atoms with Gasteiger partial charge < -0.3 is 9.30 Å². The number of halogens is 1. The van der Waals surface area contributed by atoms with E-state index in [1.165, 1.54) is 0 Å². The van der Waals surface area contributed by atoms with Crippen molar-refractivity contribution in [2.75, 3.05) is 6.61 Å². The number of carbonyl (C=O) groups is 1. The number of nitrogens with zero attached hydrogens (tertiary/aromatic N) is 6. The summed E-state index contributed by atoms with van der Waals surface area (Å²) in [6.07, 6.45) is 2.71. The highest BCUT2D eigenvalue weighted by molar-refractivity contribution is 6.17. The van der Waals surface area contributed by atoms with Crippen LogP contribution in [0.3, 0.4) is 0 Å². The molecule has 0 spiro atoms. The van der Waals surface area contributed by atoms with Crippen molar-refractivity contribution in [2.24, 2.45) is 0 Å². The smallest absolute Gasteiger partial charge is 0.356 e. The highest BCUT2D eigenvalue weighted by Crippen LogP contribution is 2.43. The molecule has 0 saturated carbocycles. The molecule has 2 heterocycles. The Morgan fingerprint density at radius 2 is 1.30 bits per heavy atom. The summed E-state index contributed by atoms with van der Waals surface area (Å²) in [6, 6.07) is 47.8. The average Bonchev–Trinajstić information content (AvgIpc) is 3.84. The van der Waals surface area contributed by atoms with Crippen molar-refractivity contribution >= 4 is 17.6 Å². The molecule has 0 aliphatic rings. The number of carbonyl (C=O) groups excluding carboxylic acids is 1. The second-order valence-corrected chi connectivity index (χ2v) is 13.1. The number of aryl methyl sites for hydroxylation is 1. The van der Waals surface area contributed by atoms with Crippen molar-refractivity contribution in [3.05, 3.63) is 179 Å². The van der Waals surface area contributed by atoms with E-state index in [4.69, 9.17) is 31.6 Å². The number of imidazole rings is 1. The first-order chi connectivity index (χ1) is 26.1. The maximum atomic E-state index is 13.1. The van der Waals surface area contributed by atoms with Gasteiger partial charge in [-0.2, -0.15) is 0 Å². The number of tetrazole rings is 1. The van der Waals surface area contributed by atoms with Crippen molar-refractivity contribution in [3.8, 4) is 22.5 Å². The Balaban J connectivity index is 1.32. The van der Waals surface area contributed by atoms with Gasteiger partial charge in [-0.1, -0.05) is 153 Å². The molecule has 0 fully saturated rings. The van der Waals surface area contributed by atoms with E-state index >= 15 is 0 Å². The average molecular weight is 721 g/mol. The van der Waals surface area contributed by atoms with E-state index in [-0.39, 0.29) is 12.5 Å². The van der Waals surface area contributed by atoms with Gasteiger partial charge in [-0.3, -0.25) is 0 Å². The molecule has 0 aliphatic heterocycles. The van der Waals surface area contributed by atoms with Gasteiger partial charge in [-0.15, -0.1) is 16.7 Å². The lowest BCUT2D eigenvalue weighted by Gasteiger charge is -2.36. The molecule has 0 N–H and O–H groups in total. The lowest BCUT2D eigenvalue weighted by atomic mass is 9.77. The molecule has 9 heteroatoms. The normalized spacial score (nSPS) is 11.5. The number of unbranched alkanes of at least 4 members (excludes halogenated alkanes) is 1. The topological polar surface area (TPSA) is 87.7 Å². The molecular weight excluding hydrogens is 680 g/mol. The zero-order valence-corrected chi connectivity index (χ0v) is 30.7. The van der Waals surface area contributed by atoms with Gasteiger partial charge in [-0.25, -0.2) is 14.5 Å². The standard InChI is InChI=1S/C44H41ClN6O2/c1-3-5-25-40-46-39(30-45)41(43(52)53-4-2)50(40)31-32-26-28-33(29-27-32)37-23-15-16-24-38(37)42-47-48-49-51(42)44(34-17-9-6-10-18-34,35-19-11-7-12-20-35)36-21-13-8-14-22-36/h6-24,26-29H,3-5,25,30-31H2,1-2H3. The maximum Gasteiger partial charge on any atom is 0.356 e. The maximum absolute atomic E-state index is 13.1. The molecule has 5 aromatic carbocycles. The minimum absolute atomic E-state index is 0.134. The molecule has 0 atom stereocenters. The van der Waals surface area contributed by atoms with Gasteiger partial charge in [-0.05, 0) is 57.2 Å². The summed E-state index contributed by atoms with van der Waals surface area (Å²) in [6.45, 7) is 4.68. The van der Waals surface area contributed by atoms with Gasteiger partial charge in [0.05, 0.1) is 18.2 Å². The van der Waals surface area contributed by atoms with Crippen LogP contribution in [0.25, 0.3) is 22.5 Å². The van der Waals surface area contributed by atoms with Crippen molar-refractivity contribution in [1.29, 1.82) is 0 Å². The zero-order chi connectivity index (χ0) is 36.6. The van der Waals surface area contributed by atoms with Crippen LogP contribution in [-0.2, 0) is 29.1 Å². The van der Waals surface area contributed by atoms with Crippen LogP contribution in [0.2, 0.25) is 0 Å². The van der Waals surface area contributed by atoms with E-state index in [2.05, 4.69) is 121 Å². The number of hydrogen-bond acceptors (Lipinski definition) is 6. The third-order valence-electron chi connectivity index (χ3n) is 9.60. The van der Waals surface area contributed by atoms with E-state index in [1.807, 2.05) is 39.6 Å². The predicted molar refractivity (Wildman–Crippen MR) is 209 cm³/mol. The monoisotopic (exact) mass is 720 g/mol. The van der Waals surface area contributed by atoms with E-state index in [9.17, 15) is 4.79 Å². The van der Waals surface area contributed by atoms with E-state index in [1.54, 1.807) is 6.92 Å². The molecule has 0 amide bonds. The van der Waals surface area contributed by atoms with E-state index < -0.39 is 11.5 Å². The minimum Gasteiger partial charge on any atom is -0.461 e. The molecule has 7 aromatic rings. The van der Waals surface area contributed by atoms with Crippen LogP contribution < -0.4 is 0 Å². The van der Waals surface area contributed by atoms with Crippen LogP contribution in [-0.4, -0.2) is 42.3 Å². The van der Waals surface area contributed by atoms with Gasteiger partial charge in [0.25, 0.3) is 0 Å². The van der Waals surface area contributed by atoms with Crippen molar-refractivity contribution < 1.29 is 9.53 Å². The Morgan fingerprint density at radius 3 is 1.85 bits per heavy atom.